The molecule has 0 aromatic heterocycles. The van der Waals surface area contributed by atoms with Gasteiger partial charge in [0.25, 0.3) is 5.91 Å². The summed E-state index contributed by atoms with van der Waals surface area (Å²) in [6, 6.07) is 9.09. The van der Waals surface area contributed by atoms with Crippen molar-refractivity contribution in [3.63, 3.8) is 0 Å². The molecule has 0 aliphatic carbocycles. The molecule has 0 aliphatic heterocycles. The van der Waals surface area contributed by atoms with E-state index in [1.165, 1.54) is 0 Å². The third-order valence-electron chi connectivity index (χ3n) is 3.34. The molecule has 0 fully saturated rings. The molecule has 150 valence electrons. The van der Waals surface area contributed by atoms with Gasteiger partial charge in [-0.2, -0.15) is 0 Å². The van der Waals surface area contributed by atoms with Crippen LogP contribution in [0, 0.1) is 0 Å². The van der Waals surface area contributed by atoms with Crippen LogP contribution in [0.25, 0.3) is 0 Å². The molecule has 3 amide bonds. The van der Waals surface area contributed by atoms with Crippen LogP contribution in [0.5, 0.6) is 5.75 Å². The fraction of sp³-hybridized carbons (Fsp3) is 0.222. The molecule has 2 aromatic rings. The normalized spacial score (nSPS) is 10.9. The fourth-order valence-corrected chi connectivity index (χ4v) is 2.61. The zero-order valence-corrected chi connectivity index (χ0v) is 16.3. The number of alkyl halides is 3. The highest BCUT2D eigenvalue weighted by Gasteiger charge is 2.31. The molecule has 0 aliphatic rings. The Balaban J connectivity index is 2.25. The SMILES string of the molecule is CCCNC(=O)c1ccc(OC(F)(F)F)cc1NC(=O)Nc1cccc(Br)c1. The van der Waals surface area contributed by atoms with Gasteiger partial charge in [0.15, 0.2) is 0 Å². The Morgan fingerprint density at radius 2 is 1.86 bits per heavy atom. The number of anilines is 2. The van der Waals surface area contributed by atoms with Crippen molar-refractivity contribution < 1.29 is 27.5 Å². The van der Waals surface area contributed by atoms with Crippen LogP contribution in [-0.2, 0) is 0 Å². The van der Waals surface area contributed by atoms with Gasteiger partial charge in [-0.1, -0.05) is 28.9 Å². The average molecular weight is 460 g/mol. The average Bonchev–Trinajstić information content (AvgIpc) is 2.58. The number of halogens is 4. The number of hydrogen-bond acceptors (Lipinski definition) is 3. The minimum atomic E-state index is -4.90. The van der Waals surface area contributed by atoms with E-state index in [1.807, 2.05) is 6.92 Å². The van der Waals surface area contributed by atoms with Crippen LogP contribution in [0.2, 0.25) is 0 Å². The van der Waals surface area contributed by atoms with Gasteiger partial charge in [0, 0.05) is 22.8 Å². The van der Waals surface area contributed by atoms with Gasteiger partial charge in [0.1, 0.15) is 5.75 Å². The van der Waals surface area contributed by atoms with Gasteiger partial charge in [0.2, 0.25) is 0 Å². The lowest BCUT2D eigenvalue weighted by molar-refractivity contribution is -0.274. The van der Waals surface area contributed by atoms with Gasteiger partial charge in [-0.25, -0.2) is 4.79 Å². The largest absolute Gasteiger partial charge is 0.573 e. The van der Waals surface area contributed by atoms with Crippen LogP contribution in [0.15, 0.2) is 46.9 Å². The molecule has 0 heterocycles. The molecule has 10 heteroatoms. The molecule has 3 N–H and O–H groups in total. The van der Waals surface area contributed by atoms with Crippen LogP contribution < -0.4 is 20.7 Å². The summed E-state index contributed by atoms with van der Waals surface area (Å²) in [7, 11) is 0. The van der Waals surface area contributed by atoms with E-state index in [9.17, 15) is 22.8 Å². The van der Waals surface area contributed by atoms with Gasteiger partial charge in [-0.15, -0.1) is 13.2 Å². The van der Waals surface area contributed by atoms with Crippen molar-refractivity contribution in [3.05, 3.63) is 52.5 Å². The highest BCUT2D eigenvalue weighted by Crippen LogP contribution is 2.28. The van der Waals surface area contributed by atoms with E-state index >= 15 is 0 Å². The smallest absolute Gasteiger partial charge is 0.406 e. The monoisotopic (exact) mass is 459 g/mol. The summed E-state index contributed by atoms with van der Waals surface area (Å²) in [6.45, 7) is 2.23. The van der Waals surface area contributed by atoms with Crippen LogP contribution in [0.4, 0.5) is 29.3 Å². The molecular formula is C18H17BrF3N3O3. The molecule has 2 aromatic carbocycles. The molecule has 0 saturated carbocycles. The van der Waals surface area contributed by atoms with E-state index in [-0.39, 0.29) is 11.3 Å². The summed E-state index contributed by atoms with van der Waals surface area (Å²) in [5.41, 5.74) is 0.335. The third-order valence-corrected chi connectivity index (χ3v) is 3.83. The maximum Gasteiger partial charge on any atom is 0.573 e. The Morgan fingerprint density at radius 3 is 2.50 bits per heavy atom. The highest BCUT2D eigenvalue weighted by molar-refractivity contribution is 9.10. The maximum absolute atomic E-state index is 12.5. The lowest BCUT2D eigenvalue weighted by Crippen LogP contribution is -2.27. The second-order valence-electron chi connectivity index (χ2n) is 5.60. The summed E-state index contributed by atoms with van der Waals surface area (Å²) in [5, 5.41) is 7.53. The summed E-state index contributed by atoms with van der Waals surface area (Å²) in [5.74, 6) is -1.09. The van der Waals surface area contributed by atoms with Crippen LogP contribution in [-0.4, -0.2) is 24.8 Å². The quantitative estimate of drug-likeness (QED) is 0.559. The number of nitrogens with one attached hydrogen (secondary N) is 3. The molecule has 0 spiro atoms. The molecule has 6 nitrogen and oxygen atoms in total. The molecule has 2 rings (SSSR count). The summed E-state index contributed by atoms with van der Waals surface area (Å²) in [4.78, 5) is 24.5. The summed E-state index contributed by atoms with van der Waals surface area (Å²) in [6.07, 6.45) is -4.23. The lowest BCUT2D eigenvalue weighted by Gasteiger charge is -2.15. The molecule has 0 unspecified atom stereocenters. The summed E-state index contributed by atoms with van der Waals surface area (Å²) < 4.78 is 42.0. The summed E-state index contributed by atoms with van der Waals surface area (Å²) >= 11 is 3.26. The fourth-order valence-electron chi connectivity index (χ4n) is 2.21. The topological polar surface area (TPSA) is 79.5 Å². The van der Waals surface area contributed by atoms with E-state index in [1.54, 1.807) is 24.3 Å². The predicted octanol–water partition coefficient (Wildman–Crippen LogP) is 5.13. The number of amides is 3. The number of carbonyl (C=O) groups excluding carboxylic acids is 2. The van der Waals surface area contributed by atoms with E-state index < -0.39 is 24.1 Å². The number of hydrogen-bond donors (Lipinski definition) is 3. The van der Waals surface area contributed by atoms with Crippen LogP contribution >= 0.6 is 15.9 Å². The van der Waals surface area contributed by atoms with Crippen molar-refractivity contribution in [1.29, 1.82) is 0 Å². The van der Waals surface area contributed by atoms with E-state index in [0.29, 0.717) is 18.7 Å². The zero-order chi connectivity index (χ0) is 20.7. The first kappa shape index (κ1) is 21.5. The molecule has 0 bridgehead atoms. The minimum Gasteiger partial charge on any atom is -0.406 e. The Bertz CT molecular complexity index is 859. The molecular weight excluding hydrogens is 443 g/mol. The first-order chi connectivity index (χ1) is 13.2. The number of benzene rings is 2. The Labute approximate surface area is 167 Å². The minimum absolute atomic E-state index is 0.00682. The number of carbonyl (C=O) groups is 2. The molecule has 0 saturated heterocycles. The first-order valence-electron chi connectivity index (χ1n) is 8.19. The van der Waals surface area contributed by atoms with Gasteiger partial charge in [-0.3, -0.25) is 4.79 Å². The number of urea groups is 1. The van der Waals surface area contributed by atoms with Crippen molar-refractivity contribution in [2.45, 2.75) is 19.7 Å². The second-order valence-corrected chi connectivity index (χ2v) is 6.52. The first-order valence-corrected chi connectivity index (χ1v) is 8.99. The molecule has 28 heavy (non-hydrogen) atoms. The van der Waals surface area contributed by atoms with Crippen molar-refractivity contribution in [3.8, 4) is 5.75 Å². The highest BCUT2D eigenvalue weighted by atomic mass is 79.9. The van der Waals surface area contributed by atoms with Crippen molar-refractivity contribution in [2.75, 3.05) is 17.2 Å². The van der Waals surface area contributed by atoms with Crippen molar-refractivity contribution >= 4 is 39.2 Å². The standard InChI is InChI=1S/C18H17BrF3N3O3/c1-2-8-23-16(26)14-7-6-13(28-18(20,21)22)10-15(14)25-17(27)24-12-5-3-4-11(19)9-12/h3-7,9-10H,2,8H2,1H3,(H,23,26)(H2,24,25,27). The van der Waals surface area contributed by atoms with E-state index in [4.69, 9.17) is 0 Å². The van der Waals surface area contributed by atoms with E-state index in [0.717, 1.165) is 22.7 Å². The zero-order valence-electron chi connectivity index (χ0n) is 14.7. The lowest BCUT2D eigenvalue weighted by atomic mass is 10.1. The van der Waals surface area contributed by atoms with E-state index in [2.05, 4.69) is 36.6 Å². The molecule has 0 radical (unpaired) electrons. The Morgan fingerprint density at radius 1 is 1.11 bits per heavy atom. The number of ether oxygens (including phenoxy) is 1. The van der Waals surface area contributed by atoms with Crippen molar-refractivity contribution in [1.82, 2.24) is 5.32 Å². The second kappa shape index (κ2) is 9.45. The maximum atomic E-state index is 12.5. The Kier molecular flexibility index (Phi) is 7.27. The Hall–Kier alpha value is -2.75. The predicted molar refractivity (Wildman–Crippen MR) is 103 cm³/mol. The van der Waals surface area contributed by atoms with Crippen LogP contribution in [0.1, 0.15) is 23.7 Å². The molecule has 0 atom stereocenters. The van der Waals surface area contributed by atoms with Gasteiger partial charge < -0.3 is 20.7 Å². The van der Waals surface area contributed by atoms with Crippen molar-refractivity contribution in [2.24, 2.45) is 0 Å². The number of rotatable bonds is 6. The van der Waals surface area contributed by atoms with Gasteiger partial charge in [-0.05, 0) is 36.8 Å². The van der Waals surface area contributed by atoms with Gasteiger partial charge in [0.05, 0.1) is 11.3 Å². The van der Waals surface area contributed by atoms with Crippen LogP contribution in [0.3, 0.4) is 0 Å². The third kappa shape index (κ3) is 6.76. The van der Waals surface area contributed by atoms with Gasteiger partial charge >= 0.3 is 12.4 Å².